The molecule has 1 unspecified atom stereocenters. The van der Waals surface area contributed by atoms with Gasteiger partial charge < -0.3 is 0 Å². The van der Waals surface area contributed by atoms with Crippen molar-refractivity contribution in [3.05, 3.63) is 59.5 Å². The molecule has 0 spiro atoms. The summed E-state index contributed by atoms with van der Waals surface area (Å²) in [5, 5.41) is 1.52. The predicted molar refractivity (Wildman–Crippen MR) is 130 cm³/mol. The van der Waals surface area contributed by atoms with Crippen molar-refractivity contribution in [2.45, 2.75) is 59.3 Å². The van der Waals surface area contributed by atoms with Crippen LogP contribution in [0.25, 0.3) is 0 Å². The molecule has 138 valence electrons. The molecule has 1 aromatic carbocycles. The van der Waals surface area contributed by atoms with Crippen LogP contribution in [0.15, 0.2) is 36.4 Å². The summed E-state index contributed by atoms with van der Waals surface area (Å²) in [5.41, 5.74) is 4.56. The Labute approximate surface area is 180 Å². The van der Waals surface area contributed by atoms with E-state index < -0.39 is 0 Å². The monoisotopic (exact) mass is 615 g/mol. The molecule has 2 rings (SSSR count). The molecule has 0 amide bonds. The van der Waals surface area contributed by atoms with Crippen LogP contribution in [-0.2, 0) is 8.26 Å². The third-order valence-electron chi connectivity index (χ3n) is 3.81. The van der Waals surface area contributed by atoms with E-state index in [1.807, 2.05) is 30.7 Å². The van der Waals surface area contributed by atoms with Gasteiger partial charge in [0.05, 0.1) is 5.30 Å². The molecule has 0 N–H and O–H groups in total. The van der Waals surface area contributed by atoms with Crippen LogP contribution in [0.2, 0.25) is 0 Å². The summed E-state index contributed by atoms with van der Waals surface area (Å²) in [6.45, 7) is 13.7. The second-order valence-electron chi connectivity index (χ2n) is 6.65. The molecule has 1 radical (unpaired) electrons. The van der Waals surface area contributed by atoms with E-state index in [-0.39, 0.29) is 0 Å². The van der Waals surface area contributed by atoms with Crippen molar-refractivity contribution in [1.82, 2.24) is 0 Å². The molecular formula is C20H31CoI2P+. The molecule has 1 aliphatic rings. The Kier molecular flexibility index (Phi) is 14.8. The molecule has 1 aromatic rings. The zero-order chi connectivity index (χ0) is 18.7. The van der Waals surface area contributed by atoms with Gasteiger partial charge in [-0.1, -0.05) is 78.0 Å². The average molecular weight is 615 g/mol. The minimum atomic E-state index is 0.624. The van der Waals surface area contributed by atoms with E-state index in [0.717, 1.165) is 0 Å². The average Bonchev–Trinajstić information content (AvgIpc) is 3.06. The van der Waals surface area contributed by atoms with Gasteiger partial charge in [-0.3, -0.25) is 0 Å². The standard InChI is InChI=1S/C15H25P.C5H5.Co.2HI/c1-9(2)12-7-13(10(3)4)15(16)14(8-12)11(5)6;1-2-4-5-3-1;;;/h7-11H,16H2,1-6H3;1-5H;;2*1H/q;;+2;;/p-1. The summed E-state index contributed by atoms with van der Waals surface area (Å²) in [5.74, 6) is 1.88. The first-order valence-electron chi connectivity index (χ1n) is 8.26. The molecule has 24 heavy (non-hydrogen) atoms. The second kappa shape index (κ2) is 14.2. The molecular weight excluding hydrogens is 584 g/mol. The first kappa shape index (κ1) is 25.1. The third kappa shape index (κ3) is 9.70. The topological polar surface area (TPSA) is 0 Å². The van der Waals surface area contributed by atoms with Crippen LogP contribution in [0.1, 0.15) is 76.0 Å². The minimum absolute atomic E-state index is 0.624. The van der Waals surface area contributed by atoms with Gasteiger partial charge in [-0.25, -0.2) is 0 Å². The van der Waals surface area contributed by atoms with E-state index in [0.29, 0.717) is 17.8 Å². The van der Waals surface area contributed by atoms with Gasteiger partial charge >= 0.3 is 49.1 Å². The van der Waals surface area contributed by atoms with Crippen LogP contribution in [-0.4, -0.2) is 0 Å². The molecule has 1 atom stereocenters. The molecule has 0 fully saturated rings. The fourth-order valence-electron chi connectivity index (χ4n) is 2.43. The van der Waals surface area contributed by atoms with Gasteiger partial charge in [0.25, 0.3) is 0 Å². The molecule has 1 aliphatic carbocycles. The fraction of sp³-hybridized carbons (Fsp3) is 0.450. The number of hydrogen-bond acceptors (Lipinski definition) is 0. The molecule has 0 aliphatic heterocycles. The van der Waals surface area contributed by atoms with Gasteiger partial charge in [-0.05, 0) is 34.4 Å². The van der Waals surface area contributed by atoms with E-state index in [1.54, 1.807) is 0 Å². The summed E-state index contributed by atoms with van der Waals surface area (Å²) < 4.78 is 0. The molecule has 0 nitrogen and oxygen atoms in total. The van der Waals surface area contributed by atoms with Crippen molar-refractivity contribution >= 4 is 55.4 Å². The van der Waals surface area contributed by atoms with Gasteiger partial charge in [-0.2, -0.15) is 0 Å². The predicted octanol–water partition coefficient (Wildman–Crippen LogP) is 7.38. The molecule has 4 heteroatoms. The van der Waals surface area contributed by atoms with Crippen LogP contribution in [0, 0.1) is 6.42 Å². The molecule has 0 aromatic heterocycles. The number of allylic oxidation sites excluding steroid dienone is 4. The van der Waals surface area contributed by atoms with E-state index in [9.17, 15) is 0 Å². The van der Waals surface area contributed by atoms with Crippen molar-refractivity contribution in [1.29, 1.82) is 0 Å². The number of rotatable bonds is 3. The maximum absolute atomic E-state index is 2.41. The normalized spacial score (nSPS) is 12.6. The number of benzene rings is 1. The summed E-state index contributed by atoms with van der Waals surface area (Å²) >= 11 is 4.49. The van der Waals surface area contributed by atoms with E-state index >= 15 is 0 Å². The SMILES string of the molecule is CC(C)c1cc(C(C)C)c([PH3+])c(C(C)C)c1.[CH]1C=CC=C1.[I][Co][I]. The molecule has 0 saturated carbocycles. The quantitative estimate of drug-likeness (QED) is 0.246. The summed E-state index contributed by atoms with van der Waals surface area (Å²) in [4.78, 5) is 0. The van der Waals surface area contributed by atoms with E-state index in [2.05, 4.69) is 104 Å². The Morgan fingerprint density at radius 3 is 1.33 bits per heavy atom. The van der Waals surface area contributed by atoms with Crippen molar-refractivity contribution in [3.63, 3.8) is 0 Å². The van der Waals surface area contributed by atoms with Crippen LogP contribution in [0.3, 0.4) is 0 Å². The van der Waals surface area contributed by atoms with E-state index in [1.165, 1.54) is 30.3 Å². The van der Waals surface area contributed by atoms with Gasteiger partial charge in [0.2, 0.25) is 0 Å². The van der Waals surface area contributed by atoms with Crippen molar-refractivity contribution < 1.29 is 8.26 Å². The van der Waals surface area contributed by atoms with Gasteiger partial charge in [-0.15, -0.1) is 0 Å². The van der Waals surface area contributed by atoms with Crippen molar-refractivity contribution in [2.24, 2.45) is 0 Å². The number of hydrogen-bond donors (Lipinski definition) is 0. The van der Waals surface area contributed by atoms with Gasteiger partial charge in [0.1, 0.15) is 0 Å². The summed E-state index contributed by atoms with van der Waals surface area (Å²) in [6.07, 6.45) is 10.0. The Bertz CT molecular complexity index is 495. The first-order chi connectivity index (χ1) is 11.3. The molecule has 0 bridgehead atoms. The Morgan fingerprint density at radius 1 is 0.750 bits per heavy atom. The zero-order valence-electron chi connectivity index (χ0n) is 15.6. The Morgan fingerprint density at radius 2 is 1.12 bits per heavy atom. The summed E-state index contributed by atoms with van der Waals surface area (Å²) in [6, 6.07) is 4.81. The van der Waals surface area contributed by atoms with Crippen LogP contribution >= 0.6 is 50.1 Å². The maximum atomic E-state index is 2.41. The van der Waals surface area contributed by atoms with Gasteiger partial charge in [0, 0.05) is 15.7 Å². The molecule has 0 heterocycles. The molecule has 0 saturated heterocycles. The Hall–Kier alpha value is 1.10. The fourth-order valence-corrected chi connectivity index (χ4v) is 3.45. The van der Waals surface area contributed by atoms with Crippen molar-refractivity contribution in [3.8, 4) is 0 Å². The third-order valence-corrected chi connectivity index (χ3v) is 4.62. The van der Waals surface area contributed by atoms with Crippen molar-refractivity contribution in [2.75, 3.05) is 0 Å². The van der Waals surface area contributed by atoms with Crippen LogP contribution in [0.4, 0.5) is 0 Å². The Balaban J connectivity index is 0.000000542. The van der Waals surface area contributed by atoms with Crippen LogP contribution < -0.4 is 5.30 Å². The number of halogens is 2. The zero-order valence-corrected chi connectivity index (χ0v) is 22.3. The second-order valence-corrected chi connectivity index (χ2v) is 16.1. The van der Waals surface area contributed by atoms with Gasteiger partial charge in [0.15, 0.2) is 0 Å². The van der Waals surface area contributed by atoms with E-state index in [4.69, 9.17) is 0 Å². The first-order valence-corrected chi connectivity index (χ1v) is 15.7. The van der Waals surface area contributed by atoms with Crippen LogP contribution in [0.5, 0.6) is 0 Å². The summed E-state index contributed by atoms with van der Waals surface area (Å²) in [7, 11) is 3.43.